The molecule has 3 rings (SSSR count). The number of para-hydroxylation sites is 1. The van der Waals surface area contributed by atoms with Crippen LogP contribution >= 0.6 is 23.5 Å². The predicted molar refractivity (Wildman–Crippen MR) is 98.7 cm³/mol. The quantitative estimate of drug-likeness (QED) is 0.462. The molecule has 124 valence electrons. The van der Waals surface area contributed by atoms with E-state index in [0.29, 0.717) is 0 Å². The van der Waals surface area contributed by atoms with Gasteiger partial charge < -0.3 is 0 Å². The Morgan fingerprint density at radius 2 is 1.62 bits per heavy atom. The number of hydrogen-bond donors (Lipinski definition) is 0. The molecule has 6 heteroatoms. The minimum Gasteiger partial charge on any atom is -0.274 e. The molecule has 0 aliphatic carbocycles. The molecule has 0 aliphatic heterocycles. The number of hydrogen-bond acceptors (Lipinski definition) is 4. The Hall–Kier alpha value is -1.79. The van der Waals surface area contributed by atoms with Crippen molar-refractivity contribution in [2.24, 2.45) is 0 Å². The number of aryl methyl sites for hydroxylation is 2. The molecule has 3 aromatic rings. The number of halogens is 1. The summed E-state index contributed by atoms with van der Waals surface area (Å²) in [6.45, 7) is 4.06. The van der Waals surface area contributed by atoms with E-state index in [0.717, 1.165) is 33.1 Å². The molecule has 1 heterocycles. The molecule has 0 amide bonds. The Morgan fingerprint density at radius 1 is 0.917 bits per heavy atom. The zero-order chi connectivity index (χ0) is 16.9. The van der Waals surface area contributed by atoms with Gasteiger partial charge in [0.15, 0.2) is 5.16 Å². The van der Waals surface area contributed by atoms with Gasteiger partial charge in [-0.25, -0.2) is 4.39 Å². The van der Waals surface area contributed by atoms with Gasteiger partial charge in [-0.05, 0) is 49.7 Å². The summed E-state index contributed by atoms with van der Waals surface area (Å²) < 4.78 is 15.0. The largest absolute Gasteiger partial charge is 0.274 e. The summed E-state index contributed by atoms with van der Waals surface area (Å²) >= 11 is 3.40. The van der Waals surface area contributed by atoms with Crippen molar-refractivity contribution in [2.45, 2.75) is 23.9 Å². The third kappa shape index (κ3) is 3.99. The number of rotatable bonds is 6. The maximum atomic E-state index is 12.9. The third-order valence-electron chi connectivity index (χ3n) is 3.55. The van der Waals surface area contributed by atoms with Crippen LogP contribution in [0.5, 0.6) is 0 Å². The third-order valence-corrected chi connectivity index (χ3v) is 5.75. The van der Waals surface area contributed by atoms with Gasteiger partial charge in [0, 0.05) is 16.4 Å². The number of thioether (sulfide) groups is 2. The van der Waals surface area contributed by atoms with Crippen LogP contribution in [0.1, 0.15) is 11.4 Å². The van der Waals surface area contributed by atoms with Crippen LogP contribution in [0.2, 0.25) is 0 Å². The Kier molecular flexibility index (Phi) is 5.58. The highest BCUT2D eigenvalue weighted by atomic mass is 32.2. The first kappa shape index (κ1) is 17.0. The van der Waals surface area contributed by atoms with Crippen LogP contribution in [0.25, 0.3) is 5.69 Å². The van der Waals surface area contributed by atoms with E-state index in [9.17, 15) is 4.39 Å². The zero-order valence-corrected chi connectivity index (χ0v) is 15.2. The molecule has 0 unspecified atom stereocenters. The number of nitrogens with zero attached hydrogens (tertiary/aromatic N) is 3. The standard InChI is InChI=1S/C18H18FN3S2/c1-13-5-3-4-6-17(13)22-14(2)20-21-18(22)24-12-11-23-16-9-7-15(19)8-10-16/h3-10H,11-12H2,1-2H3. The van der Waals surface area contributed by atoms with Gasteiger partial charge in [-0.3, -0.25) is 4.57 Å². The van der Waals surface area contributed by atoms with E-state index in [1.165, 1.54) is 17.7 Å². The average Bonchev–Trinajstić information content (AvgIpc) is 2.94. The fourth-order valence-electron chi connectivity index (χ4n) is 2.35. The first-order valence-electron chi connectivity index (χ1n) is 7.64. The molecule has 0 saturated carbocycles. The lowest BCUT2D eigenvalue weighted by Gasteiger charge is -2.11. The maximum Gasteiger partial charge on any atom is 0.195 e. The summed E-state index contributed by atoms with van der Waals surface area (Å²) in [5, 5.41) is 9.43. The highest BCUT2D eigenvalue weighted by Crippen LogP contribution is 2.26. The van der Waals surface area contributed by atoms with E-state index >= 15 is 0 Å². The minimum atomic E-state index is -0.199. The highest BCUT2D eigenvalue weighted by Gasteiger charge is 2.12. The monoisotopic (exact) mass is 359 g/mol. The number of aromatic nitrogens is 3. The Balaban J connectivity index is 1.64. The predicted octanol–water partition coefficient (Wildman–Crippen LogP) is 4.91. The molecule has 0 spiro atoms. The molecule has 0 saturated heterocycles. The summed E-state index contributed by atoms with van der Waals surface area (Å²) in [6.07, 6.45) is 0. The molecule has 24 heavy (non-hydrogen) atoms. The van der Waals surface area contributed by atoms with Gasteiger partial charge in [-0.1, -0.05) is 30.0 Å². The van der Waals surface area contributed by atoms with Crippen molar-refractivity contribution in [3.63, 3.8) is 0 Å². The fraction of sp³-hybridized carbons (Fsp3) is 0.222. The van der Waals surface area contributed by atoms with Gasteiger partial charge in [0.1, 0.15) is 11.6 Å². The summed E-state index contributed by atoms with van der Waals surface area (Å²) in [4.78, 5) is 1.08. The Labute approximate surface area is 149 Å². The van der Waals surface area contributed by atoms with Gasteiger partial charge in [0.05, 0.1) is 5.69 Å². The first-order valence-corrected chi connectivity index (χ1v) is 9.61. The second-order valence-corrected chi connectivity index (χ2v) is 7.53. The molecule has 0 N–H and O–H groups in total. The fourth-order valence-corrected chi connectivity index (χ4v) is 4.22. The molecule has 1 aromatic heterocycles. The SMILES string of the molecule is Cc1ccccc1-n1c(C)nnc1SCCSc1ccc(F)cc1. The summed E-state index contributed by atoms with van der Waals surface area (Å²) in [6, 6.07) is 14.8. The van der Waals surface area contributed by atoms with Crippen LogP contribution in [0.15, 0.2) is 58.6 Å². The summed E-state index contributed by atoms with van der Waals surface area (Å²) in [5.74, 6) is 2.52. The van der Waals surface area contributed by atoms with Crippen LogP contribution in [-0.2, 0) is 0 Å². The second kappa shape index (κ2) is 7.85. The highest BCUT2D eigenvalue weighted by molar-refractivity contribution is 8.02. The smallest absolute Gasteiger partial charge is 0.195 e. The van der Waals surface area contributed by atoms with E-state index in [4.69, 9.17) is 0 Å². The van der Waals surface area contributed by atoms with Crippen LogP contribution in [0.4, 0.5) is 4.39 Å². The lowest BCUT2D eigenvalue weighted by Crippen LogP contribution is -2.02. The second-order valence-electron chi connectivity index (χ2n) is 5.30. The van der Waals surface area contributed by atoms with Crippen molar-refractivity contribution >= 4 is 23.5 Å². The van der Waals surface area contributed by atoms with Crippen molar-refractivity contribution in [3.8, 4) is 5.69 Å². The van der Waals surface area contributed by atoms with Gasteiger partial charge in [0.25, 0.3) is 0 Å². The van der Waals surface area contributed by atoms with Crippen molar-refractivity contribution in [1.82, 2.24) is 14.8 Å². The molecule has 3 nitrogen and oxygen atoms in total. The Morgan fingerprint density at radius 3 is 2.38 bits per heavy atom. The normalized spacial score (nSPS) is 11.0. The van der Waals surface area contributed by atoms with Gasteiger partial charge in [-0.2, -0.15) is 0 Å². The van der Waals surface area contributed by atoms with Crippen molar-refractivity contribution in [3.05, 3.63) is 65.7 Å². The van der Waals surface area contributed by atoms with Crippen molar-refractivity contribution in [2.75, 3.05) is 11.5 Å². The summed E-state index contributed by atoms with van der Waals surface area (Å²) in [5.41, 5.74) is 2.32. The molecule has 0 atom stereocenters. The van der Waals surface area contributed by atoms with E-state index in [1.54, 1.807) is 23.5 Å². The molecule has 2 aromatic carbocycles. The van der Waals surface area contributed by atoms with Gasteiger partial charge >= 0.3 is 0 Å². The summed E-state index contributed by atoms with van der Waals surface area (Å²) in [7, 11) is 0. The minimum absolute atomic E-state index is 0.199. The van der Waals surface area contributed by atoms with Gasteiger partial charge in [-0.15, -0.1) is 22.0 Å². The van der Waals surface area contributed by atoms with Crippen LogP contribution in [0.3, 0.4) is 0 Å². The van der Waals surface area contributed by atoms with Crippen LogP contribution < -0.4 is 0 Å². The van der Waals surface area contributed by atoms with E-state index < -0.39 is 0 Å². The van der Waals surface area contributed by atoms with Crippen molar-refractivity contribution < 1.29 is 4.39 Å². The topological polar surface area (TPSA) is 30.7 Å². The van der Waals surface area contributed by atoms with E-state index in [2.05, 4.69) is 33.8 Å². The lowest BCUT2D eigenvalue weighted by atomic mass is 10.2. The molecule has 0 bridgehead atoms. The Bertz CT molecular complexity index is 815. The lowest BCUT2D eigenvalue weighted by molar-refractivity contribution is 0.626. The zero-order valence-electron chi connectivity index (χ0n) is 13.6. The van der Waals surface area contributed by atoms with E-state index in [-0.39, 0.29) is 5.82 Å². The molecular formula is C18H18FN3S2. The van der Waals surface area contributed by atoms with Crippen LogP contribution in [-0.4, -0.2) is 26.3 Å². The molecular weight excluding hydrogens is 341 g/mol. The van der Waals surface area contributed by atoms with Crippen molar-refractivity contribution in [1.29, 1.82) is 0 Å². The number of benzene rings is 2. The first-order chi connectivity index (χ1) is 11.6. The van der Waals surface area contributed by atoms with Gasteiger partial charge in [0.2, 0.25) is 0 Å². The van der Waals surface area contributed by atoms with E-state index in [1.807, 2.05) is 31.2 Å². The average molecular weight is 359 g/mol. The maximum absolute atomic E-state index is 12.9. The molecule has 0 radical (unpaired) electrons. The van der Waals surface area contributed by atoms with Crippen LogP contribution in [0, 0.1) is 19.7 Å². The molecule has 0 fully saturated rings. The molecule has 0 aliphatic rings.